The molecule has 5 atom stereocenters. The first-order valence-corrected chi connectivity index (χ1v) is 13.3. The molecule has 2 aromatic rings. The van der Waals surface area contributed by atoms with Crippen LogP contribution in [0, 0.1) is 22.9 Å². The maximum Gasteiger partial charge on any atom is 0.411 e. The zero-order valence-corrected chi connectivity index (χ0v) is 22.9. The number of aryl methyl sites for hydroxylation is 1. The molecule has 1 aliphatic rings. The first-order valence-electron chi connectivity index (χ1n) is 13.3. The van der Waals surface area contributed by atoms with E-state index in [0.717, 1.165) is 18.4 Å². The molecule has 3 rings (SSSR count). The SMILES string of the molecule is CCCCO[C@@H]1O[C@H](COC(=O)Nc2ccc(C)c([N+](=O)[O-])c2)[C@@H](O)[C@H](OCCC)[C@H]1OCc1ccc(F)cc1. The molecule has 0 radical (unpaired) electrons. The third kappa shape index (κ3) is 8.93. The summed E-state index contributed by atoms with van der Waals surface area (Å²) in [6, 6.07) is 10.1. The standard InChI is InChI=1S/C28H37FN2O9/c1-4-6-14-37-27-26(38-16-19-8-10-20(29)11-9-19)25(36-13-5-2)24(32)23(40-27)17-39-28(33)30-21-12-7-18(3)22(15-21)31(34)35/h7-12,15,23-27,32H,4-6,13-14,16-17H2,1-3H3,(H,30,33)/t23-,24-,25+,26-,27-/m1/s1. The first-order chi connectivity index (χ1) is 19.2. The fourth-order valence-corrected chi connectivity index (χ4v) is 4.10. The Balaban J connectivity index is 1.70. The van der Waals surface area contributed by atoms with E-state index in [1.807, 2.05) is 13.8 Å². The van der Waals surface area contributed by atoms with Gasteiger partial charge in [-0.1, -0.05) is 38.5 Å². The zero-order chi connectivity index (χ0) is 29.1. The van der Waals surface area contributed by atoms with Crippen molar-refractivity contribution in [1.82, 2.24) is 0 Å². The summed E-state index contributed by atoms with van der Waals surface area (Å²) in [6.45, 7) is 6.00. The van der Waals surface area contributed by atoms with Crippen LogP contribution in [0.2, 0.25) is 0 Å². The minimum atomic E-state index is -1.23. The number of benzene rings is 2. The second kappa shape index (κ2) is 15.6. The van der Waals surface area contributed by atoms with Crippen molar-refractivity contribution in [2.45, 2.75) is 77.3 Å². The number of nitrogens with zero attached hydrogens (tertiary/aromatic N) is 1. The van der Waals surface area contributed by atoms with Crippen molar-refractivity contribution >= 4 is 17.5 Å². The average Bonchev–Trinajstić information content (AvgIpc) is 2.93. The predicted molar refractivity (Wildman–Crippen MR) is 143 cm³/mol. The van der Waals surface area contributed by atoms with Crippen LogP contribution in [0.3, 0.4) is 0 Å². The second-order valence-electron chi connectivity index (χ2n) is 9.48. The second-order valence-corrected chi connectivity index (χ2v) is 9.48. The van der Waals surface area contributed by atoms with Crippen LogP contribution in [0.25, 0.3) is 0 Å². The van der Waals surface area contributed by atoms with Crippen LogP contribution in [-0.2, 0) is 30.3 Å². The third-order valence-electron chi connectivity index (χ3n) is 6.30. The van der Waals surface area contributed by atoms with E-state index in [1.165, 1.54) is 30.3 Å². The van der Waals surface area contributed by atoms with Crippen molar-refractivity contribution in [3.63, 3.8) is 0 Å². The third-order valence-corrected chi connectivity index (χ3v) is 6.30. The van der Waals surface area contributed by atoms with E-state index in [1.54, 1.807) is 19.1 Å². The average molecular weight is 565 g/mol. The Bertz CT molecular complexity index is 1100. The number of carbonyl (C=O) groups excluding carboxylic acids is 1. The van der Waals surface area contributed by atoms with Crippen LogP contribution in [-0.4, -0.2) is 66.6 Å². The van der Waals surface area contributed by atoms with Gasteiger partial charge in [0.25, 0.3) is 5.69 Å². The molecule has 11 nitrogen and oxygen atoms in total. The van der Waals surface area contributed by atoms with Crippen LogP contribution in [0.5, 0.6) is 0 Å². The highest BCUT2D eigenvalue weighted by Crippen LogP contribution is 2.29. The molecular weight excluding hydrogens is 527 g/mol. The number of hydrogen-bond acceptors (Lipinski definition) is 9. The number of hydrogen-bond donors (Lipinski definition) is 2. The molecule has 0 spiro atoms. The van der Waals surface area contributed by atoms with Crippen molar-refractivity contribution in [3.05, 3.63) is 69.5 Å². The molecule has 2 aromatic carbocycles. The van der Waals surface area contributed by atoms with Gasteiger partial charge in [-0.2, -0.15) is 0 Å². The molecule has 1 heterocycles. The summed E-state index contributed by atoms with van der Waals surface area (Å²) in [5.74, 6) is -0.363. The Kier molecular flexibility index (Phi) is 12.2. The molecule has 0 unspecified atom stereocenters. The molecule has 220 valence electrons. The van der Waals surface area contributed by atoms with Crippen molar-refractivity contribution in [2.75, 3.05) is 25.1 Å². The van der Waals surface area contributed by atoms with E-state index in [4.69, 9.17) is 23.7 Å². The fourth-order valence-electron chi connectivity index (χ4n) is 4.10. The molecular formula is C28H37FN2O9. The van der Waals surface area contributed by atoms with Crippen molar-refractivity contribution in [3.8, 4) is 0 Å². The molecule has 1 saturated heterocycles. The van der Waals surface area contributed by atoms with Crippen LogP contribution in [0.1, 0.15) is 44.2 Å². The largest absolute Gasteiger partial charge is 0.446 e. The highest BCUT2D eigenvalue weighted by Gasteiger charge is 2.48. The highest BCUT2D eigenvalue weighted by molar-refractivity contribution is 5.85. The Hall–Kier alpha value is -3.16. The number of nitro benzene ring substituents is 1. The summed E-state index contributed by atoms with van der Waals surface area (Å²) in [6.07, 6.45) is -3.40. The Morgan fingerprint density at radius 2 is 1.82 bits per heavy atom. The van der Waals surface area contributed by atoms with E-state index < -0.39 is 41.7 Å². The van der Waals surface area contributed by atoms with Crippen LogP contribution in [0.4, 0.5) is 20.6 Å². The number of nitrogens with one attached hydrogen (secondary N) is 1. The monoisotopic (exact) mass is 564 g/mol. The number of amides is 1. The molecule has 0 aromatic heterocycles. The van der Waals surface area contributed by atoms with E-state index in [2.05, 4.69) is 5.32 Å². The molecule has 1 aliphatic heterocycles. The maximum atomic E-state index is 13.3. The molecule has 0 bridgehead atoms. The van der Waals surface area contributed by atoms with E-state index in [0.29, 0.717) is 25.2 Å². The topological polar surface area (TPSA) is 139 Å². The minimum absolute atomic E-state index is 0.104. The smallest absolute Gasteiger partial charge is 0.411 e. The summed E-state index contributed by atoms with van der Waals surface area (Å²) in [5.41, 5.74) is 1.21. The number of anilines is 1. The molecule has 0 aliphatic carbocycles. The van der Waals surface area contributed by atoms with E-state index in [-0.39, 0.29) is 30.4 Å². The maximum absolute atomic E-state index is 13.3. The fraction of sp³-hybridized carbons (Fsp3) is 0.536. The summed E-state index contributed by atoms with van der Waals surface area (Å²) >= 11 is 0. The lowest BCUT2D eigenvalue weighted by Crippen LogP contribution is -2.61. The lowest BCUT2D eigenvalue weighted by Gasteiger charge is -2.44. The van der Waals surface area contributed by atoms with Crippen LogP contribution in [0.15, 0.2) is 42.5 Å². The normalized spacial score (nSPS) is 22.6. The van der Waals surface area contributed by atoms with Gasteiger partial charge in [0.1, 0.15) is 36.8 Å². The summed E-state index contributed by atoms with van der Waals surface area (Å²) in [5, 5.41) is 24.8. The van der Waals surface area contributed by atoms with Gasteiger partial charge in [-0.05, 0) is 43.5 Å². The number of unbranched alkanes of at least 4 members (excludes halogenated alkanes) is 1. The Morgan fingerprint density at radius 1 is 1.07 bits per heavy atom. The molecule has 2 N–H and O–H groups in total. The van der Waals surface area contributed by atoms with Crippen LogP contribution < -0.4 is 5.32 Å². The van der Waals surface area contributed by atoms with Crippen molar-refractivity contribution in [1.29, 1.82) is 0 Å². The van der Waals surface area contributed by atoms with Gasteiger partial charge in [0, 0.05) is 24.8 Å². The van der Waals surface area contributed by atoms with Gasteiger partial charge in [0.15, 0.2) is 6.29 Å². The number of rotatable bonds is 14. The summed E-state index contributed by atoms with van der Waals surface area (Å²) < 4.78 is 42.7. The first kappa shape index (κ1) is 31.4. The van der Waals surface area contributed by atoms with Gasteiger partial charge in [-0.25, -0.2) is 9.18 Å². The number of ether oxygens (including phenoxy) is 5. The van der Waals surface area contributed by atoms with Gasteiger partial charge >= 0.3 is 6.09 Å². The van der Waals surface area contributed by atoms with E-state index in [9.17, 15) is 24.4 Å². The lowest BCUT2D eigenvalue weighted by atomic mass is 9.98. The van der Waals surface area contributed by atoms with Gasteiger partial charge in [0.05, 0.1) is 17.2 Å². The van der Waals surface area contributed by atoms with Crippen LogP contribution >= 0.6 is 0 Å². The van der Waals surface area contributed by atoms with Crippen molar-refractivity contribution in [2.24, 2.45) is 0 Å². The predicted octanol–water partition coefficient (Wildman–Crippen LogP) is 4.87. The molecule has 0 saturated carbocycles. The molecule has 12 heteroatoms. The number of aliphatic hydroxyl groups is 1. The molecule has 1 amide bonds. The molecule has 1 fully saturated rings. The minimum Gasteiger partial charge on any atom is -0.446 e. The Morgan fingerprint density at radius 3 is 2.50 bits per heavy atom. The number of halogens is 1. The highest BCUT2D eigenvalue weighted by atomic mass is 19.1. The Labute approximate surface area is 232 Å². The van der Waals surface area contributed by atoms with Gasteiger partial charge < -0.3 is 28.8 Å². The number of nitro groups is 1. The van der Waals surface area contributed by atoms with Gasteiger partial charge in [-0.15, -0.1) is 0 Å². The zero-order valence-electron chi connectivity index (χ0n) is 22.9. The quantitative estimate of drug-likeness (QED) is 0.187. The van der Waals surface area contributed by atoms with Crippen molar-refractivity contribution < 1.29 is 42.9 Å². The molecule has 40 heavy (non-hydrogen) atoms. The van der Waals surface area contributed by atoms with Gasteiger partial charge in [0.2, 0.25) is 0 Å². The lowest BCUT2D eigenvalue weighted by molar-refractivity contribution is -0.385. The van der Waals surface area contributed by atoms with E-state index >= 15 is 0 Å². The summed E-state index contributed by atoms with van der Waals surface area (Å²) in [4.78, 5) is 23.1. The number of aliphatic hydroxyl groups excluding tert-OH is 1. The van der Waals surface area contributed by atoms with Gasteiger partial charge in [-0.3, -0.25) is 15.4 Å². The number of carbonyl (C=O) groups is 1. The summed E-state index contributed by atoms with van der Waals surface area (Å²) in [7, 11) is 0.